The normalized spacial score (nSPS) is 20.2. The molecule has 2 rings (SSSR count). The van der Waals surface area contributed by atoms with Crippen molar-refractivity contribution in [1.29, 1.82) is 0 Å². The van der Waals surface area contributed by atoms with Gasteiger partial charge in [-0.1, -0.05) is 15.9 Å². The van der Waals surface area contributed by atoms with Gasteiger partial charge >= 0.3 is 0 Å². The van der Waals surface area contributed by atoms with Crippen molar-refractivity contribution in [1.82, 2.24) is 5.32 Å². The van der Waals surface area contributed by atoms with Crippen molar-refractivity contribution in [3.05, 3.63) is 28.7 Å². The van der Waals surface area contributed by atoms with Gasteiger partial charge in [-0.05, 0) is 37.2 Å². The van der Waals surface area contributed by atoms with Crippen LogP contribution in [0.1, 0.15) is 6.42 Å². The van der Waals surface area contributed by atoms with E-state index in [4.69, 9.17) is 0 Å². The number of benzene rings is 1. The molecule has 3 nitrogen and oxygen atoms in total. The van der Waals surface area contributed by atoms with Crippen molar-refractivity contribution < 1.29 is 4.79 Å². The lowest BCUT2D eigenvalue weighted by molar-refractivity contribution is -0.119. The van der Waals surface area contributed by atoms with Crippen molar-refractivity contribution >= 4 is 27.5 Å². The summed E-state index contributed by atoms with van der Waals surface area (Å²) in [5, 5.41) is 6.09. The highest BCUT2D eigenvalue weighted by Gasteiger charge is 2.22. The van der Waals surface area contributed by atoms with E-state index in [1.165, 1.54) is 0 Å². The second-order valence-corrected chi connectivity index (χ2v) is 4.60. The lowest BCUT2D eigenvalue weighted by Crippen LogP contribution is -2.24. The van der Waals surface area contributed by atoms with E-state index in [-0.39, 0.29) is 11.8 Å². The van der Waals surface area contributed by atoms with Gasteiger partial charge in [0.25, 0.3) is 0 Å². The average Bonchev–Trinajstić information content (AvgIpc) is 2.74. The molecule has 15 heavy (non-hydrogen) atoms. The van der Waals surface area contributed by atoms with Gasteiger partial charge in [0.05, 0.1) is 5.92 Å². The monoisotopic (exact) mass is 268 g/mol. The van der Waals surface area contributed by atoms with Gasteiger partial charge < -0.3 is 10.6 Å². The maximum absolute atomic E-state index is 11.7. The Morgan fingerprint density at radius 2 is 2.13 bits per heavy atom. The lowest BCUT2D eigenvalue weighted by Gasteiger charge is -2.09. The third kappa shape index (κ3) is 2.79. The van der Waals surface area contributed by atoms with Gasteiger partial charge in [-0.15, -0.1) is 0 Å². The highest BCUT2D eigenvalue weighted by Crippen LogP contribution is 2.16. The molecule has 1 amide bonds. The van der Waals surface area contributed by atoms with Crippen LogP contribution in [0.4, 0.5) is 5.69 Å². The van der Waals surface area contributed by atoms with Crippen molar-refractivity contribution in [3.63, 3.8) is 0 Å². The molecule has 80 valence electrons. The van der Waals surface area contributed by atoms with E-state index >= 15 is 0 Å². The van der Waals surface area contributed by atoms with Crippen LogP contribution < -0.4 is 10.6 Å². The minimum absolute atomic E-state index is 0.113. The van der Waals surface area contributed by atoms with Crippen molar-refractivity contribution in [2.24, 2.45) is 5.92 Å². The maximum atomic E-state index is 11.7. The van der Waals surface area contributed by atoms with Crippen LogP contribution in [0.15, 0.2) is 28.7 Å². The van der Waals surface area contributed by atoms with Crippen LogP contribution >= 0.6 is 15.9 Å². The fraction of sp³-hybridized carbons (Fsp3) is 0.364. The molecular weight excluding hydrogens is 256 g/mol. The molecule has 0 aliphatic carbocycles. The summed E-state index contributed by atoms with van der Waals surface area (Å²) in [6.07, 6.45) is 0.933. The van der Waals surface area contributed by atoms with E-state index in [0.717, 1.165) is 29.7 Å². The van der Waals surface area contributed by atoms with E-state index < -0.39 is 0 Å². The molecule has 2 N–H and O–H groups in total. The Hall–Kier alpha value is -0.870. The van der Waals surface area contributed by atoms with Gasteiger partial charge in [0.15, 0.2) is 0 Å². The van der Waals surface area contributed by atoms with Crippen LogP contribution in [0.25, 0.3) is 0 Å². The Morgan fingerprint density at radius 3 is 2.73 bits per heavy atom. The van der Waals surface area contributed by atoms with Crippen molar-refractivity contribution in [2.45, 2.75) is 6.42 Å². The Balaban J connectivity index is 1.96. The predicted molar refractivity (Wildman–Crippen MR) is 63.7 cm³/mol. The molecule has 1 aliphatic rings. The van der Waals surface area contributed by atoms with Gasteiger partial charge in [0.2, 0.25) is 5.91 Å². The first kappa shape index (κ1) is 10.6. The minimum Gasteiger partial charge on any atom is -0.326 e. The third-order valence-corrected chi connectivity index (χ3v) is 3.07. The van der Waals surface area contributed by atoms with Crippen LogP contribution in [-0.2, 0) is 4.79 Å². The van der Waals surface area contributed by atoms with Crippen LogP contribution in [0.3, 0.4) is 0 Å². The fourth-order valence-electron chi connectivity index (χ4n) is 1.66. The largest absolute Gasteiger partial charge is 0.326 e. The quantitative estimate of drug-likeness (QED) is 0.862. The molecule has 0 saturated carbocycles. The van der Waals surface area contributed by atoms with E-state index in [9.17, 15) is 4.79 Å². The van der Waals surface area contributed by atoms with E-state index in [1.807, 2.05) is 24.3 Å². The number of carbonyl (C=O) groups is 1. The van der Waals surface area contributed by atoms with Gasteiger partial charge in [-0.3, -0.25) is 4.79 Å². The summed E-state index contributed by atoms with van der Waals surface area (Å²) in [6, 6.07) is 7.62. The summed E-state index contributed by atoms with van der Waals surface area (Å²) in [6.45, 7) is 1.74. The van der Waals surface area contributed by atoms with E-state index in [2.05, 4.69) is 26.6 Å². The standard InChI is InChI=1S/C11H13BrN2O/c12-9-1-3-10(4-2-9)14-11(15)8-5-6-13-7-8/h1-4,8,13H,5-7H2,(H,14,15)/t8-/m0/s1. The van der Waals surface area contributed by atoms with Crippen LogP contribution in [0.2, 0.25) is 0 Å². The minimum atomic E-state index is 0.113. The van der Waals surface area contributed by atoms with Gasteiger partial charge in [0.1, 0.15) is 0 Å². The second kappa shape index (κ2) is 4.77. The summed E-state index contributed by atoms with van der Waals surface area (Å²) >= 11 is 3.36. The molecule has 1 aromatic rings. The molecule has 1 heterocycles. The molecule has 0 bridgehead atoms. The summed E-state index contributed by atoms with van der Waals surface area (Å²) in [4.78, 5) is 11.7. The summed E-state index contributed by atoms with van der Waals surface area (Å²) in [5.41, 5.74) is 0.857. The SMILES string of the molecule is O=C(Nc1ccc(Br)cc1)[C@H]1CCNC1. The molecule has 0 spiro atoms. The topological polar surface area (TPSA) is 41.1 Å². The van der Waals surface area contributed by atoms with Crippen LogP contribution in [0.5, 0.6) is 0 Å². The zero-order valence-electron chi connectivity index (χ0n) is 8.29. The van der Waals surface area contributed by atoms with Gasteiger partial charge in [-0.2, -0.15) is 0 Å². The molecular formula is C11H13BrN2O. The first-order chi connectivity index (χ1) is 7.25. The van der Waals surface area contributed by atoms with Crippen molar-refractivity contribution in [3.8, 4) is 0 Å². The van der Waals surface area contributed by atoms with Crippen LogP contribution in [-0.4, -0.2) is 19.0 Å². The Bertz CT molecular complexity index is 344. The fourth-order valence-corrected chi connectivity index (χ4v) is 1.92. The number of amides is 1. The molecule has 1 fully saturated rings. The first-order valence-electron chi connectivity index (χ1n) is 5.03. The zero-order valence-corrected chi connectivity index (χ0v) is 9.88. The molecule has 0 aromatic heterocycles. The van der Waals surface area contributed by atoms with Gasteiger partial charge in [0, 0.05) is 16.7 Å². The number of anilines is 1. The number of nitrogens with one attached hydrogen (secondary N) is 2. The maximum Gasteiger partial charge on any atom is 0.228 e. The number of hydrogen-bond acceptors (Lipinski definition) is 2. The van der Waals surface area contributed by atoms with Gasteiger partial charge in [-0.25, -0.2) is 0 Å². The molecule has 1 aromatic carbocycles. The van der Waals surface area contributed by atoms with Crippen molar-refractivity contribution in [2.75, 3.05) is 18.4 Å². The highest BCUT2D eigenvalue weighted by atomic mass is 79.9. The van der Waals surface area contributed by atoms with E-state index in [1.54, 1.807) is 0 Å². The number of hydrogen-bond donors (Lipinski definition) is 2. The smallest absolute Gasteiger partial charge is 0.228 e. The molecule has 1 atom stereocenters. The predicted octanol–water partition coefficient (Wildman–Crippen LogP) is 2.00. The summed E-state index contributed by atoms with van der Waals surface area (Å²) in [7, 11) is 0. The second-order valence-electron chi connectivity index (χ2n) is 3.69. The summed E-state index contributed by atoms with van der Waals surface area (Å²) in [5.74, 6) is 0.232. The molecule has 1 saturated heterocycles. The molecule has 1 aliphatic heterocycles. The Kier molecular flexibility index (Phi) is 3.38. The number of carbonyl (C=O) groups excluding carboxylic acids is 1. The van der Waals surface area contributed by atoms with E-state index in [0.29, 0.717) is 0 Å². The number of rotatable bonds is 2. The summed E-state index contributed by atoms with van der Waals surface area (Å²) < 4.78 is 1.02. The number of halogens is 1. The lowest BCUT2D eigenvalue weighted by atomic mass is 10.1. The molecule has 4 heteroatoms. The highest BCUT2D eigenvalue weighted by molar-refractivity contribution is 9.10. The average molecular weight is 269 g/mol. The third-order valence-electron chi connectivity index (χ3n) is 2.54. The zero-order chi connectivity index (χ0) is 10.7. The first-order valence-corrected chi connectivity index (χ1v) is 5.82. The molecule has 0 unspecified atom stereocenters. The Labute approximate surface area is 97.4 Å². The van der Waals surface area contributed by atoms with Crippen LogP contribution in [0, 0.1) is 5.92 Å². The Morgan fingerprint density at radius 1 is 1.40 bits per heavy atom. The molecule has 0 radical (unpaired) electrons.